The minimum Gasteiger partial charge on any atom is -0.181 e. The average molecular weight is 171 g/mol. The van der Waals surface area contributed by atoms with E-state index < -0.39 is 0 Å². The van der Waals surface area contributed by atoms with Crippen LogP contribution in [0.5, 0.6) is 0 Å². The Labute approximate surface area is 73.0 Å². The van der Waals surface area contributed by atoms with E-state index in [-0.39, 0.29) is 0 Å². The van der Waals surface area contributed by atoms with E-state index >= 15 is 0 Å². The predicted molar refractivity (Wildman–Crippen MR) is 46.1 cm³/mol. The Balaban J connectivity index is 2.65. The number of aromatic nitrogens is 5. The van der Waals surface area contributed by atoms with Gasteiger partial charge in [0.15, 0.2) is 5.65 Å². The van der Waals surface area contributed by atoms with E-state index in [1.54, 1.807) is 4.52 Å². The first-order valence-electron chi connectivity index (χ1n) is 3.86. The fourth-order valence-corrected chi connectivity index (χ4v) is 1.32. The highest BCUT2D eigenvalue weighted by Crippen LogP contribution is 2.12. The van der Waals surface area contributed by atoms with Crippen molar-refractivity contribution in [1.29, 1.82) is 0 Å². The van der Waals surface area contributed by atoms with Crippen LogP contribution in [0.15, 0.2) is 30.6 Å². The Hall–Kier alpha value is -2.04. The number of hydrogen-bond donors (Lipinski definition) is 0. The molecule has 13 heavy (non-hydrogen) atoms. The van der Waals surface area contributed by atoms with Gasteiger partial charge in [0.2, 0.25) is 0 Å². The van der Waals surface area contributed by atoms with Gasteiger partial charge in [0.1, 0.15) is 6.33 Å². The van der Waals surface area contributed by atoms with Gasteiger partial charge < -0.3 is 0 Å². The van der Waals surface area contributed by atoms with Crippen molar-refractivity contribution < 1.29 is 0 Å². The van der Waals surface area contributed by atoms with E-state index in [0.29, 0.717) is 0 Å². The second-order valence-corrected chi connectivity index (χ2v) is 2.71. The minimum absolute atomic E-state index is 0.741. The van der Waals surface area contributed by atoms with Gasteiger partial charge in [0.25, 0.3) is 0 Å². The van der Waals surface area contributed by atoms with Crippen molar-refractivity contribution >= 4 is 16.6 Å². The van der Waals surface area contributed by atoms with Crippen LogP contribution >= 0.6 is 0 Å². The molecule has 0 unspecified atom stereocenters. The quantitative estimate of drug-likeness (QED) is 0.499. The van der Waals surface area contributed by atoms with Gasteiger partial charge in [-0.2, -0.15) is 4.52 Å². The molecule has 0 saturated carbocycles. The van der Waals surface area contributed by atoms with Gasteiger partial charge >= 0.3 is 0 Å². The lowest BCUT2D eigenvalue weighted by atomic mass is 10.2. The van der Waals surface area contributed by atoms with Gasteiger partial charge in [0.05, 0.1) is 5.52 Å². The molecular weight excluding hydrogens is 166 g/mol. The highest BCUT2D eigenvalue weighted by atomic mass is 15.4. The predicted octanol–water partition coefficient (Wildman–Crippen LogP) is 0.672. The lowest BCUT2D eigenvalue weighted by Gasteiger charge is -1.94. The van der Waals surface area contributed by atoms with Crippen molar-refractivity contribution in [3.05, 3.63) is 30.6 Å². The number of rotatable bonds is 0. The van der Waals surface area contributed by atoms with Crippen LogP contribution < -0.4 is 0 Å². The van der Waals surface area contributed by atoms with Crippen molar-refractivity contribution in [2.24, 2.45) is 0 Å². The number of nitrogens with zero attached hydrogens (tertiary/aromatic N) is 5. The average Bonchev–Trinajstić information content (AvgIpc) is 2.65. The lowest BCUT2D eigenvalue weighted by molar-refractivity contribution is 0.824. The van der Waals surface area contributed by atoms with E-state index in [0.717, 1.165) is 16.6 Å². The molecule has 0 aliphatic rings. The zero-order valence-electron chi connectivity index (χ0n) is 6.62. The van der Waals surface area contributed by atoms with Crippen molar-refractivity contribution in [2.75, 3.05) is 0 Å². The number of hydrogen-bond acceptors (Lipinski definition) is 4. The normalized spacial score (nSPS) is 11.1. The van der Waals surface area contributed by atoms with Gasteiger partial charge in [-0.3, -0.25) is 0 Å². The van der Waals surface area contributed by atoms with Gasteiger partial charge in [-0.15, -0.1) is 15.3 Å². The van der Waals surface area contributed by atoms with E-state index in [1.165, 1.54) is 6.33 Å². The van der Waals surface area contributed by atoms with Crippen LogP contribution in [0.4, 0.5) is 0 Å². The molecule has 0 amide bonds. The Kier molecular flexibility index (Phi) is 1.11. The molecule has 0 atom stereocenters. The molecule has 0 fully saturated rings. The molecular formula is C8H5N5. The smallest absolute Gasteiger partial charge is 0.181 e. The fourth-order valence-electron chi connectivity index (χ4n) is 1.32. The molecule has 62 valence electrons. The third-order valence-electron chi connectivity index (χ3n) is 1.92. The molecule has 3 aromatic rings. The molecule has 0 aliphatic heterocycles. The summed E-state index contributed by atoms with van der Waals surface area (Å²) in [6, 6.07) is 7.72. The van der Waals surface area contributed by atoms with Gasteiger partial charge in [-0.25, -0.2) is 0 Å². The molecule has 5 heteroatoms. The molecule has 0 aliphatic carbocycles. The van der Waals surface area contributed by atoms with E-state index in [2.05, 4.69) is 20.5 Å². The molecule has 3 rings (SSSR count). The zero-order valence-corrected chi connectivity index (χ0v) is 6.62. The van der Waals surface area contributed by atoms with Crippen LogP contribution in [0.1, 0.15) is 0 Å². The summed E-state index contributed by atoms with van der Waals surface area (Å²) >= 11 is 0. The van der Waals surface area contributed by atoms with Gasteiger partial charge in [0, 0.05) is 5.39 Å². The Bertz CT molecular complexity index is 571. The standard InChI is InChI=1S/C8H5N5/c1-2-4-7-6(3-1)8-11-9-5-13(8)12-10-7/h1-5H. The van der Waals surface area contributed by atoms with Crippen molar-refractivity contribution in [3.8, 4) is 0 Å². The van der Waals surface area contributed by atoms with E-state index in [1.807, 2.05) is 24.3 Å². The van der Waals surface area contributed by atoms with Gasteiger partial charge in [-0.05, 0) is 12.1 Å². The second kappa shape index (κ2) is 2.22. The lowest BCUT2D eigenvalue weighted by Crippen LogP contribution is -1.94. The Morgan fingerprint density at radius 2 is 2.00 bits per heavy atom. The maximum absolute atomic E-state index is 4.01. The molecule has 5 nitrogen and oxygen atoms in total. The number of fused-ring (bicyclic) bond motifs is 3. The SMILES string of the molecule is c1ccc2c(c1)nnn1cnnc21. The van der Waals surface area contributed by atoms with Gasteiger partial charge in [-0.1, -0.05) is 17.3 Å². The second-order valence-electron chi connectivity index (χ2n) is 2.71. The first kappa shape index (κ1) is 6.47. The summed E-state index contributed by atoms with van der Waals surface area (Å²) < 4.78 is 1.56. The van der Waals surface area contributed by atoms with Crippen LogP contribution in [0, 0.1) is 0 Å². The summed E-state index contributed by atoms with van der Waals surface area (Å²) in [6.45, 7) is 0. The summed E-state index contributed by atoms with van der Waals surface area (Å²) in [6.07, 6.45) is 1.54. The topological polar surface area (TPSA) is 56.0 Å². The summed E-state index contributed by atoms with van der Waals surface area (Å²) in [5.41, 5.74) is 1.58. The van der Waals surface area contributed by atoms with Crippen molar-refractivity contribution in [1.82, 2.24) is 25.0 Å². The van der Waals surface area contributed by atoms with Crippen molar-refractivity contribution in [2.45, 2.75) is 0 Å². The molecule has 0 saturated heterocycles. The van der Waals surface area contributed by atoms with Crippen LogP contribution in [0.3, 0.4) is 0 Å². The molecule has 2 heterocycles. The van der Waals surface area contributed by atoms with Crippen LogP contribution in [0.25, 0.3) is 16.6 Å². The molecule has 2 aromatic heterocycles. The molecule has 0 radical (unpaired) electrons. The number of benzene rings is 1. The minimum atomic E-state index is 0.741. The molecule has 0 N–H and O–H groups in total. The third-order valence-corrected chi connectivity index (χ3v) is 1.92. The fraction of sp³-hybridized carbons (Fsp3) is 0. The first-order chi connectivity index (χ1) is 6.45. The molecule has 0 spiro atoms. The maximum Gasteiger partial charge on any atom is 0.188 e. The summed E-state index contributed by atoms with van der Waals surface area (Å²) in [5.74, 6) is 0. The highest BCUT2D eigenvalue weighted by molar-refractivity contribution is 5.89. The summed E-state index contributed by atoms with van der Waals surface area (Å²) in [4.78, 5) is 0. The van der Waals surface area contributed by atoms with E-state index in [4.69, 9.17) is 0 Å². The highest BCUT2D eigenvalue weighted by Gasteiger charge is 2.02. The van der Waals surface area contributed by atoms with Crippen LogP contribution in [-0.2, 0) is 0 Å². The molecule has 0 bridgehead atoms. The van der Waals surface area contributed by atoms with E-state index in [9.17, 15) is 0 Å². The third kappa shape index (κ3) is 0.807. The summed E-state index contributed by atoms with van der Waals surface area (Å²) in [5, 5.41) is 16.6. The Morgan fingerprint density at radius 3 is 3.00 bits per heavy atom. The van der Waals surface area contributed by atoms with Crippen LogP contribution in [0.2, 0.25) is 0 Å². The largest absolute Gasteiger partial charge is 0.188 e. The first-order valence-corrected chi connectivity index (χ1v) is 3.86. The van der Waals surface area contributed by atoms with Crippen LogP contribution in [-0.4, -0.2) is 25.0 Å². The van der Waals surface area contributed by atoms with Crippen molar-refractivity contribution in [3.63, 3.8) is 0 Å². The maximum atomic E-state index is 4.01. The summed E-state index contributed by atoms with van der Waals surface area (Å²) in [7, 11) is 0. The molecule has 1 aromatic carbocycles. The monoisotopic (exact) mass is 171 g/mol. The Morgan fingerprint density at radius 1 is 1.08 bits per heavy atom. The zero-order chi connectivity index (χ0) is 8.67.